The smallest absolute Gasteiger partial charge is 0.162 e. The van der Waals surface area contributed by atoms with Crippen LogP contribution in [0.1, 0.15) is 57.1 Å². The van der Waals surface area contributed by atoms with Crippen molar-refractivity contribution in [3.05, 3.63) is 106 Å². The van der Waals surface area contributed by atoms with Gasteiger partial charge in [-0.25, -0.2) is 17.6 Å². The number of allylic oxidation sites excluding steroid dienone is 13. The van der Waals surface area contributed by atoms with Gasteiger partial charge in [0, 0.05) is 23.0 Å². The molecule has 34 heavy (non-hydrogen) atoms. The van der Waals surface area contributed by atoms with Crippen LogP contribution in [-0.4, -0.2) is 0 Å². The Hall–Kier alpha value is -2.88. The minimum Gasteiger partial charge on any atom is -0.208 e. The fourth-order valence-corrected chi connectivity index (χ4v) is 4.74. The van der Waals surface area contributed by atoms with Gasteiger partial charge < -0.3 is 0 Å². The van der Waals surface area contributed by atoms with Crippen molar-refractivity contribution >= 4 is 11.6 Å². The highest BCUT2D eigenvalue weighted by atomic mass is 19.2. The fraction of sp³-hybridized carbons (Fsp3) is 0.333. The van der Waals surface area contributed by atoms with Gasteiger partial charge >= 0.3 is 0 Å². The molecule has 4 heteroatoms. The van der Waals surface area contributed by atoms with Crippen LogP contribution in [0, 0.1) is 17.8 Å². The lowest BCUT2D eigenvalue weighted by Gasteiger charge is -2.27. The van der Waals surface area contributed by atoms with Crippen LogP contribution in [0.2, 0.25) is 0 Å². The number of rotatable bonds is 6. The van der Waals surface area contributed by atoms with E-state index in [-0.39, 0.29) is 17.1 Å². The molecular weight excluding hydrogens is 436 g/mol. The Labute approximate surface area is 199 Å². The van der Waals surface area contributed by atoms with Gasteiger partial charge in [-0.1, -0.05) is 92.6 Å². The summed E-state index contributed by atoms with van der Waals surface area (Å²) in [6.45, 7) is 3.78. The van der Waals surface area contributed by atoms with Gasteiger partial charge in [-0.05, 0) is 42.7 Å². The van der Waals surface area contributed by atoms with Gasteiger partial charge in [0.2, 0.25) is 0 Å². The molecule has 0 aromatic heterocycles. The lowest BCUT2D eigenvalue weighted by molar-refractivity contribution is 0.349. The van der Waals surface area contributed by atoms with Gasteiger partial charge in [-0.2, -0.15) is 0 Å². The van der Waals surface area contributed by atoms with Crippen molar-refractivity contribution in [1.29, 1.82) is 0 Å². The third kappa shape index (κ3) is 5.11. The van der Waals surface area contributed by atoms with Crippen molar-refractivity contribution in [2.24, 2.45) is 17.8 Å². The normalized spacial score (nSPS) is 25.6. The van der Waals surface area contributed by atoms with Crippen molar-refractivity contribution in [1.82, 2.24) is 0 Å². The average Bonchev–Trinajstić information content (AvgIpc) is 2.85. The molecule has 0 saturated carbocycles. The van der Waals surface area contributed by atoms with E-state index in [1.165, 1.54) is 5.57 Å². The molecule has 3 atom stereocenters. The lowest BCUT2D eigenvalue weighted by Crippen LogP contribution is -2.18. The average molecular weight is 467 g/mol. The van der Waals surface area contributed by atoms with E-state index in [1.807, 2.05) is 12.2 Å². The van der Waals surface area contributed by atoms with Crippen molar-refractivity contribution < 1.29 is 17.6 Å². The maximum Gasteiger partial charge on any atom is 0.162 e. The lowest BCUT2D eigenvalue weighted by atomic mass is 9.79. The first kappa shape index (κ1) is 24.3. The molecular formula is C30H30F4. The summed E-state index contributed by atoms with van der Waals surface area (Å²) in [6, 6.07) is 6.94. The zero-order chi connectivity index (χ0) is 24.2. The molecule has 0 N–H and O–H groups in total. The fourth-order valence-electron chi connectivity index (χ4n) is 4.74. The Kier molecular flexibility index (Phi) is 7.55. The molecule has 4 rings (SSSR count). The molecule has 3 unspecified atom stereocenters. The largest absolute Gasteiger partial charge is 0.208 e. The second kappa shape index (κ2) is 10.6. The quantitative estimate of drug-likeness (QED) is 0.366. The molecule has 0 amide bonds. The van der Waals surface area contributed by atoms with E-state index >= 15 is 0 Å². The highest BCUT2D eigenvalue weighted by Gasteiger charge is 2.30. The Morgan fingerprint density at radius 2 is 1.62 bits per heavy atom. The molecule has 0 aliphatic heterocycles. The maximum absolute atomic E-state index is 14.9. The predicted molar refractivity (Wildman–Crippen MR) is 132 cm³/mol. The summed E-state index contributed by atoms with van der Waals surface area (Å²) >= 11 is 0. The molecule has 3 aliphatic carbocycles. The molecule has 0 fully saturated rings. The zero-order valence-electron chi connectivity index (χ0n) is 19.6. The standard InChI is InChI=1S/C30H30F4/c1-3-4-20-6-11-23(12-7-20)26-18-16-24(28(32)30(26)34)15-10-21-8-13-22(14-9-21)25-17-5-19(2)27(31)29(25)33/h6-11,13-17,19,23,26H,3-5,12,18H2,1-2H3/b15-10+. The molecule has 3 aliphatic rings. The maximum atomic E-state index is 14.9. The molecule has 0 saturated heterocycles. The molecule has 0 nitrogen and oxygen atoms in total. The van der Waals surface area contributed by atoms with Crippen molar-refractivity contribution in [3.8, 4) is 0 Å². The van der Waals surface area contributed by atoms with Gasteiger partial charge in [-0.3, -0.25) is 0 Å². The first-order valence-electron chi connectivity index (χ1n) is 12.1. The number of hydrogen-bond acceptors (Lipinski definition) is 0. The molecule has 0 radical (unpaired) electrons. The van der Waals surface area contributed by atoms with E-state index in [1.54, 1.807) is 55.5 Å². The third-order valence-corrected chi connectivity index (χ3v) is 6.88. The third-order valence-electron chi connectivity index (χ3n) is 6.88. The monoisotopic (exact) mass is 466 g/mol. The highest BCUT2D eigenvalue weighted by molar-refractivity contribution is 5.79. The minimum atomic E-state index is -0.809. The van der Waals surface area contributed by atoms with Gasteiger partial charge in [-0.15, -0.1) is 0 Å². The van der Waals surface area contributed by atoms with E-state index in [9.17, 15) is 17.6 Å². The van der Waals surface area contributed by atoms with Crippen LogP contribution in [0.3, 0.4) is 0 Å². The number of benzene rings is 1. The number of hydrogen-bond donors (Lipinski definition) is 0. The Bertz CT molecular complexity index is 1140. The van der Waals surface area contributed by atoms with Crippen LogP contribution >= 0.6 is 0 Å². The molecule has 0 bridgehead atoms. The molecule has 1 aromatic rings. The summed E-state index contributed by atoms with van der Waals surface area (Å²) in [4.78, 5) is 0. The second-order valence-corrected chi connectivity index (χ2v) is 9.32. The van der Waals surface area contributed by atoms with Crippen LogP contribution in [0.25, 0.3) is 11.6 Å². The van der Waals surface area contributed by atoms with Crippen molar-refractivity contribution in [2.75, 3.05) is 0 Å². The second-order valence-electron chi connectivity index (χ2n) is 9.32. The van der Waals surface area contributed by atoms with Gasteiger partial charge in [0.1, 0.15) is 11.7 Å². The first-order valence-corrected chi connectivity index (χ1v) is 12.1. The summed E-state index contributed by atoms with van der Waals surface area (Å²) in [5.41, 5.74) is 3.11. The Balaban J connectivity index is 1.42. The van der Waals surface area contributed by atoms with Crippen molar-refractivity contribution in [2.45, 2.75) is 46.0 Å². The first-order chi connectivity index (χ1) is 16.4. The highest BCUT2D eigenvalue weighted by Crippen LogP contribution is 2.40. The SMILES string of the molecule is CCCC1=CCC(C2CC=C(/C=C/c3ccc(C4=CCC(C)C(F)=C4F)cc3)C(F)=C2F)C=C1. The summed E-state index contributed by atoms with van der Waals surface area (Å²) < 4.78 is 58.0. The Morgan fingerprint density at radius 3 is 2.29 bits per heavy atom. The zero-order valence-corrected chi connectivity index (χ0v) is 19.6. The van der Waals surface area contributed by atoms with Crippen LogP contribution in [-0.2, 0) is 0 Å². The van der Waals surface area contributed by atoms with E-state index in [0.717, 1.165) is 24.8 Å². The van der Waals surface area contributed by atoms with Crippen molar-refractivity contribution in [3.63, 3.8) is 0 Å². The topological polar surface area (TPSA) is 0 Å². The van der Waals surface area contributed by atoms with Gasteiger partial charge in [0.15, 0.2) is 11.7 Å². The molecule has 178 valence electrons. The Morgan fingerprint density at radius 1 is 0.853 bits per heavy atom. The predicted octanol–water partition coefficient (Wildman–Crippen LogP) is 9.67. The van der Waals surface area contributed by atoms with E-state index in [4.69, 9.17) is 0 Å². The molecule has 0 heterocycles. The van der Waals surface area contributed by atoms with Crippen LogP contribution in [0.5, 0.6) is 0 Å². The van der Waals surface area contributed by atoms with Crippen LogP contribution in [0.15, 0.2) is 95.2 Å². The summed E-state index contributed by atoms with van der Waals surface area (Å²) in [5, 5.41) is 0. The van der Waals surface area contributed by atoms with E-state index in [2.05, 4.69) is 13.0 Å². The molecule has 0 spiro atoms. The number of halogens is 4. The summed E-state index contributed by atoms with van der Waals surface area (Å²) in [5.74, 6) is -3.95. The van der Waals surface area contributed by atoms with Crippen LogP contribution < -0.4 is 0 Å². The summed E-state index contributed by atoms with van der Waals surface area (Å²) in [7, 11) is 0. The van der Waals surface area contributed by atoms with Gasteiger partial charge in [0.05, 0.1) is 0 Å². The van der Waals surface area contributed by atoms with E-state index < -0.39 is 35.1 Å². The molecule has 1 aromatic carbocycles. The minimum absolute atomic E-state index is 0.0305. The van der Waals surface area contributed by atoms with E-state index in [0.29, 0.717) is 18.4 Å². The summed E-state index contributed by atoms with van der Waals surface area (Å²) in [6.07, 6.45) is 16.7. The van der Waals surface area contributed by atoms with Crippen LogP contribution in [0.4, 0.5) is 17.6 Å². The van der Waals surface area contributed by atoms with Gasteiger partial charge in [0.25, 0.3) is 0 Å².